The molecule has 2 aromatic heterocycles. The molecule has 3 rings (SSSR count). The highest BCUT2D eigenvalue weighted by molar-refractivity contribution is 7.99. The van der Waals surface area contributed by atoms with Gasteiger partial charge in [0, 0.05) is 50.6 Å². The number of thioether (sulfide) groups is 1. The molecule has 0 spiro atoms. The molecule has 26 heavy (non-hydrogen) atoms. The van der Waals surface area contributed by atoms with E-state index in [1.165, 1.54) is 16.2 Å². The van der Waals surface area contributed by atoms with Gasteiger partial charge >= 0.3 is 5.69 Å². The maximum Gasteiger partial charge on any atom is 0.332 e. The Morgan fingerprint density at radius 3 is 2.62 bits per heavy atom. The van der Waals surface area contributed by atoms with Crippen molar-refractivity contribution >= 4 is 22.8 Å². The van der Waals surface area contributed by atoms with Crippen LogP contribution in [0.3, 0.4) is 0 Å². The molecule has 0 N–H and O–H groups in total. The summed E-state index contributed by atoms with van der Waals surface area (Å²) in [5.41, 5.74) is 0.944. The minimum atomic E-state index is -0.345. The minimum Gasteiger partial charge on any atom is -0.379 e. The lowest BCUT2D eigenvalue weighted by atomic mass is 10.1. The molecule has 0 aromatic carbocycles. The molecule has 0 radical (unpaired) electrons. The lowest BCUT2D eigenvalue weighted by Gasteiger charge is -2.26. The third-order valence-corrected chi connectivity index (χ3v) is 5.91. The van der Waals surface area contributed by atoms with Crippen molar-refractivity contribution in [2.45, 2.75) is 24.7 Å². The number of morpholine rings is 1. The molecule has 0 unspecified atom stereocenters. The van der Waals surface area contributed by atoms with Gasteiger partial charge in [-0.1, -0.05) is 13.3 Å². The Balaban J connectivity index is 1.98. The molecule has 8 heteroatoms. The third-order valence-electron chi connectivity index (χ3n) is 4.77. The van der Waals surface area contributed by atoms with Crippen LogP contribution in [-0.2, 0) is 25.3 Å². The third kappa shape index (κ3) is 3.72. The van der Waals surface area contributed by atoms with Gasteiger partial charge in [-0.05, 0) is 12.0 Å². The van der Waals surface area contributed by atoms with E-state index >= 15 is 0 Å². The van der Waals surface area contributed by atoms with Gasteiger partial charge in [0.25, 0.3) is 5.56 Å². The fourth-order valence-electron chi connectivity index (χ4n) is 3.26. The van der Waals surface area contributed by atoms with Crippen LogP contribution in [0.4, 0.5) is 0 Å². The number of rotatable bonds is 6. The van der Waals surface area contributed by atoms with Gasteiger partial charge in [-0.25, -0.2) is 9.78 Å². The Hall–Kier alpha value is -1.64. The quantitative estimate of drug-likeness (QED) is 0.699. The van der Waals surface area contributed by atoms with Gasteiger partial charge in [-0.15, -0.1) is 11.8 Å². The maximum absolute atomic E-state index is 12.8. The second-order valence-electron chi connectivity index (χ2n) is 6.57. The Morgan fingerprint density at radius 1 is 1.19 bits per heavy atom. The summed E-state index contributed by atoms with van der Waals surface area (Å²) < 4.78 is 8.02. The number of ether oxygens (including phenoxy) is 1. The second-order valence-corrected chi connectivity index (χ2v) is 7.67. The number of fused-ring (bicyclic) bond motifs is 1. The summed E-state index contributed by atoms with van der Waals surface area (Å²) in [5.74, 6) is 0.891. The smallest absolute Gasteiger partial charge is 0.332 e. The Kier molecular flexibility index (Phi) is 6.16. The van der Waals surface area contributed by atoms with Crippen molar-refractivity contribution in [3.05, 3.63) is 32.6 Å². The standard InChI is InChI=1S/C18H26N4O3S/c1-4-5-13-12-19-16-14(17(23)21(3)18(24)20(16)2)15(13)26-11-8-22-6-9-25-10-7-22/h12H,4-11H2,1-3H3. The molecule has 2 aromatic rings. The van der Waals surface area contributed by atoms with Crippen molar-refractivity contribution in [3.63, 3.8) is 0 Å². The zero-order valence-electron chi connectivity index (χ0n) is 15.7. The van der Waals surface area contributed by atoms with Gasteiger partial charge in [0.05, 0.1) is 18.6 Å². The minimum absolute atomic E-state index is 0.262. The zero-order valence-corrected chi connectivity index (χ0v) is 16.5. The Bertz CT molecular complexity index is 900. The molecule has 7 nitrogen and oxygen atoms in total. The first-order valence-corrected chi connectivity index (χ1v) is 10.0. The summed E-state index contributed by atoms with van der Waals surface area (Å²) in [6, 6.07) is 0. The molecule has 0 aliphatic carbocycles. The van der Waals surface area contributed by atoms with E-state index in [0.29, 0.717) is 11.0 Å². The molecule has 1 saturated heterocycles. The number of nitrogens with zero attached hydrogens (tertiary/aromatic N) is 4. The van der Waals surface area contributed by atoms with Gasteiger partial charge in [0.1, 0.15) is 5.65 Å². The van der Waals surface area contributed by atoms with Crippen molar-refractivity contribution in [1.82, 2.24) is 19.0 Å². The van der Waals surface area contributed by atoms with Crippen LogP contribution in [0.15, 0.2) is 20.7 Å². The number of hydrogen-bond donors (Lipinski definition) is 0. The fourth-order valence-corrected chi connectivity index (χ4v) is 4.47. The van der Waals surface area contributed by atoms with Crippen LogP contribution in [-0.4, -0.2) is 57.6 Å². The van der Waals surface area contributed by atoms with Gasteiger partial charge in [0.2, 0.25) is 0 Å². The molecule has 1 fully saturated rings. The molecule has 0 atom stereocenters. The lowest BCUT2D eigenvalue weighted by molar-refractivity contribution is 0.0410. The van der Waals surface area contributed by atoms with E-state index in [2.05, 4.69) is 16.8 Å². The molecule has 1 aliphatic heterocycles. The van der Waals surface area contributed by atoms with E-state index in [1.54, 1.807) is 18.8 Å². The molecule has 0 saturated carbocycles. The second kappa shape index (κ2) is 8.37. The summed E-state index contributed by atoms with van der Waals surface area (Å²) in [4.78, 5) is 32.8. The maximum atomic E-state index is 12.8. The van der Waals surface area contributed by atoms with Crippen LogP contribution in [0.5, 0.6) is 0 Å². The van der Waals surface area contributed by atoms with E-state index in [9.17, 15) is 9.59 Å². The van der Waals surface area contributed by atoms with E-state index in [-0.39, 0.29) is 11.2 Å². The van der Waals surface area contributed by atoms with Crippen molar-refractivity contribution in [1.29, 1.82) is 0 Å². The number of pyridine rings is 1. The van der Waals surface area contributed by atoms with Gasteiger partial charge in [-0.2, -0.15) is 0 Å². The van der Waals surface area contributed by atoms with E-state index in [4.69, 9.17) is 4.74 Å². The van der Waals surface area contributed by atoms with Crippen molar-refractivity contribution in [3.8, 4) is 0 Å². The number of aromatic nitrogens is 3. The van der Waals surface area contributed by atoms with Crippen molar-refractivity contribution in [2.75, 3.05) is 38.6 Å². The number of aryl methyl sites for hydroxylation is 2. The van der Waals surface area contributed by atoms with Crippen LogP contribution in [0.25, 0.3) is 11.0 Å². The average Bonchev–Trinajstić information content (AvgIpc) is 2.66. The first kappa shape index (κ1) is 19.1. The first-order chi connectivity index (χ1) is 12.5. The highest BCUT2D eigenvalue weighted by atomic mass is 32.2. The Morgan fingerprint density at radius 2 is 1.92 bits per heavy atom. The van der Waals surface area contributed by atoms with Crippen molar-refractivity contribution < 1.29 is 4.74 Å². The first-order valence-electron chi connectivity index (χ1n) is 9.05. The van der Waals surface area contributed by atoms with Crippen LogP contribution < -0.4 is 11.2 Å². The summed E-state index contributed by atoms with van der Waals surface area (Å²) in [5, 5.41) is 0.563. The van der Waals surface area contributed by atoms with Crippen LogP contribution in [0.2, 0.25) is 0 Å². The lowest BCUT2D eigenvalue weighted by Crippen LogP contribution is -2.38. The summed E-state index contributed by atoms with van der Waals surface area (Å²) >= 11 is 1.70. The van der Waals surface area contributed by atoms with Crippen LogP contribution in [0, 0.1) is 0 Å². The molecular formula is C18H26N4O3S. The normalized spacial score (nSPS) is 15.7. The van der Waals surface area contributed by atoms with E-state index in [1.807, 2.05) is 6.20 Å². The predicted octanol–water partition coefficient (Wildman–Crippen LogP) is 1.01. The molecule has 0 amide bonds. The molecule has 0 bridgehead atoms. The van der Waals surface area contributed by atoms with Gasteiger partial charge < -0.3 is 4.74 Å². The molecular weight excluding hydrogens is 352 g/mol. The monoisotopic (exact) mass is 378 g/mol. The fraction of sp³-hybridized carbons (Fsp3) is 0.611. The summed E-state index contributed by atoms with van der Waals surface area (Å²) in [7, 11) is 3.19. The Labute approximate surface area is 157 Å². The summed E-state index contributed by atoms with van der Waals surface area (Å²) in [6.45, 7) is 6.55. The summed E-state index contributed by atoms with van der Waals surface area (Å²) in [6.07, 6.45) is 3.67. The SMILES string of the molecule is CCCc1cnc2c(c1SCCN1CCOCC1)c(=O)n(C)c(=O)n2C. The highest BCUT2D eigenvalue weighted by Crippen LogP contribution is 2.29. The van der Waals surface area contributed by atoms with Crippen LogP contribution in [0.1, 0.15) is 18.9 Å². The van der Waals surface area contributed by atoms with Crippen molar-refractivity contribution in [2.24, 2.45) is 14.1 Å². The topological polar surface area (TPSA) is 69.4 Å². The molecule has 3 heterocycles. The van der Waals surface area contributed by atoms with E-state index < -0.39 is 0 Å². The van der Waals surface area contributed by atoms with Gasteiger partial charge in [0.15, 0.2) is 0 Å². The highest BCUT2D eigenvalue weighted by Gasteiger charge is 2.18. The molecule has 142 valence electrons. The van der Waals surface area contributed by atoms with Gasteiger partial charge in [-0.3, -0.25) is 18.8 Å². The predicted molar refractivity (Wildman–Crippen MR) is 104 cm³/mol. The largest absolute Gasteiger partial charge is 0.379 e. The van der Waals surface area contributed by atoms with Crippen LogP contribution >= 0.6 is 11.8 Å². The average molecular weight is 378 g/mol. The number of hydrogen-bond acceptors (Lipinski definition) is 6. The zero-order chi connectivity index (χ0) is 18.7. The van der Waals surface area contributed by atoms with E-state index in [0.717, 1.165) is 61.9 Å². The molecule has 1 aliphatic rings.